The van der Waals surface area contributed by atoms with Crippen molar-refractivity contribution in [3.63, 3.8) is 0 Å². The molecular weight excluding hydrogens is 230 g/mol. The minimum absolute atomic E-state index is 0.619. The summed E-state index contributed by atoms with van der Waals surface area (Å²) in [4.78, 5) is 0. The number of rotatable bonds is 2. The molecule has 1 heteroatoms. The molecule has 1 nitrogen and oxygen atoms in total. The van der Waals surface area contributed by atoms with Crippen molar-refractivity contribution < 1.29 is 0 Å². The SMILES string of the molecule is CC(C)c1cccc2c1NCC(C1CCCCC1)C2. The largest absolute Gasteiger partial charge is 0.384 e. The van der Waals surface area contributed by atoms with E-state index in [1.165, 1.54) is 56.3 Å². The van der Waals surface area contributed by atoms with Crippen LogP contribution >= 0.6 is 0 Å². The zero-order valence-corrected chi connectivity index (χ0v) is 12.4. The second kappa shape index (κ2) is 5.56. The van der Waals surface area contributed by atoms with Crippen molar-refractivity contribution in [1.29, 1.82) is 0 Å². The Morgan fingerprint density at radius 3 is 2.58 bits per heavy atom. The Hall–Kier alpha value is -0.980. The van der Waals surface area contributed by atoms with Crippen LogP contribution < -0.4 is 5.32 Å². The van der Waals surface area contributed by atoms with Crippen LogP contribution in [0.4, 0.5) is 5.69 Å². The summed E-state index contributed by atoms with van der Waals surface area (Å²) in [6, 6.07) is 6.87. The lowest BCUT2D eigenvalue weighted by Gasteiger charge is -2.35. The zero-order chi connectivity index (χ0) is 13.2. The Balaban J connectivity index is 1.78. The van der Waals surface area contributed by atoms with Gasteiger partial charge in [0.05, 0.1) is 0 Å². The van der Waals surface area contributed by atoms with Gasteiger partial charge in [-0.05, 0) is 35.3 Å². The van der Waals surface area contributed by atoms with Gasteiger partial charge in [0.1, 0.15) is 0 Å². The summed E-state index contributed by atoms with van der Waals surface area (Å²) >= 11 is 0. The average molecular weight is 257 g/mol. The maximum absolute atomic E-state index is 3.76. The van der Waals surface area contributed by atoms with Crippen molar-refractivity contribution in [3.8, 4) is 0 Å². The Bertz CT molecular complexity index is 429. The van der Waals surface area contributed by atoms with Crippen molar-refractivity contribution in [2.75, 3.05) is 11.9 Å². The number of benzene rings is 1. The van der Waals surface area contributed by atoms with Crippen LogP contribution in [0.5, 0.6) is 0 Å². The molecule has 1 aliphatic heterocycles. The number of hydrogen-bond donors (Lipinski definition) is 1. The van der Waals surface area contributed by atoms with Crippen LogP contribution in [0.15, 0.2) is 18.2 Å². The molecule has 1 aromatic carbocycles. The maximum atomic E-state index is 3.76. The van der Waals surface area contributed by atoms with E-state index in [1.54, 1.807) is 5.56 Å². The van der Waals surface area contributed by atoms with Gasteiger partial charge in [-0.25, -0.2) is 0 Å². The van der Waals surface area contributed by atoms with Crippen LogP contribution in [-0.2, 0) is 6.42 Å². The van der Waals surface area contributed by atoms with Gasteiger partial charge in [-0.15, -0.1) is 0 Å². The van der Waals surface area contributed by atoms with Crippen LogP contribution in [-0.4, -0.2) is 6.54 Å². The molecule has 19 heavy (non-hydrogen) atoms. The second-order valence-electron chi connectivity index (χ2n) is 6.78. The van der Waals surface area contributed by atoms with Crippen LogP contribution in [0.2, 0.25) is 0 Å². The first-order valence-corrected chi connectivity index (χ1v) is 8.11. The first kappa shape index (κ1) is 13.0. The molecule has 1 fully saturated rings. The third-order valence-corrected chi connectivity index (χ3v) is 5.14. The molecule has 1 heterocycles. The number of nitrogens with one attached hydrogen (secondary N) is 1. The van der Waals surface area contributed by atoms with Crippen LogP contribution in [0, 0.1) is 11.8 Å². The molecule has 104 valence electrons. The van der Waals surface area contributed by atoms with Crippen LogP contribution in [0.3, 0.4) is 0 Å². The topological polar surface area (TPSA) is 12.0 Å². The van der Waals surface area contributed by atoms with Gasteiger partial charge in [-0.2, -0.15) is 0 Å². The normalized spacial score (nSPS) is 24.1. The summed E-state index contributed by atoms with van der Waals surface area (Å²) in [5.41, 5.74) is 4.51. The molecule has 1 saturated carbocycles. The number of fused-ring (bicyclic) bond motifs is 1. The van der Waals surface area contributed by atoms with Crippen LogP contribution in [0.1, 0.15) is 63.0 Å². The molecule has 0 amide bonds. The Morgan fingerprint density at radius 1 is 1.05 bits per heavy atom. The molecule has 1 unspecified atom stereocenters. The third kappa shape index (κ3) is 2.66. The molecule has 1 N–H and O–H groups in total. The predicted molar refractivity (Wildman–Crippen MR) is 82.8 cm³/mol. The van der Waals surface area contributed by atoms with Crippen molar-refractivity contribution in [1.82, 2.24) is 0 Å². The summed E-state index contributed by atoms with van der Waals surface area (Å²) in [5, 5.41) is 3.76. The number of para-hydroxylation sites is 1. The molecule has 0 aromatic heterocycles. The van der Waals surface area contributed by atoms with E-state index in [4.69, 9.17) is 0 Å². The Labute approximate surface area is 117 Å². The van der Waals surface area contributed by atoms with E-state index in [9.17, 15) is 0 Å². The quantitative estimate of drug-likeness (QED) is 0.788. The van der Waals surface area contributed by atoms with Gasteiger partial charge in [-0.3, -0.25) is 0 Å². The first-order valence-electron chi connectivity index (χ1n) is 8.11. The maximum Gasteiger partial charge on any atom is 0.0408 e. The standard InChI is InChI=1S/C18H27N/c1-13(2)17-10-6-9-15-11-16(12-19-18(15)17)14-7-4-3-5-8-14/h6,9-10,13-14,16,19H,3-5,7-8,11-12H2,1-2H3. The van der Waals surface area contributed by atoms with E-state index < -0.39 is 0 Å². The highest BCUT2D eigenvalue weighted by Gasteiger charge is 2.28. The summed E-state index contributed by atoms with van der Waals surface area (Å²) in [7, 11) is 0. The Kier molecular flexibility index (Phi) is 3.81. The lowest BCUT2D eigenvalue weighted by Crippen LogP contribution is -2.31. The van der Waals surface area contributed by atoms with E-state index in [2.05, 4.69) is 37.4 Å². The van der Waals surface area contributed by atoms with E-state index in [1.807, 2.05) is 0 Å². The van der Waals surface area contributed by atoms with Gasteiger partial charge in [0.2, 0.25) is 0 Å². The summed E-state index contributed by atoms with van der Waals surface area (Å²) in [6.45, 7) is 5.79. The highest BCUT2D eigenvalue weighted by Crippen LogP contribution is 2.38. The Morgan fingerprint density at radius 2 is 1.84 bits per heavy atom. The van der Waals surface area contributed by atoms with Gasteiger partial charge < -0.3 is 5.32 Å². The van der Waals surface area contributed by atoms with Gasteiger partial charge in [0, 0.05) is 12.2 Å². The summed E-state index contributed by atoms with van der Waals surface area (Å²) in [5.74, 6) is 2.46. The monoisotopic (exact) mass is 257 g/mol. The fraction of sp³-hybridized carbons (Fsp3) is 0.667. The molecule has 0 bridgehead atoms. The van der Waals surface area contributed by atoms with E-state index in [-0.39, 0.29) is 0 Å². The predicted octanol–water partition coefficient (Wildman–Crippen LogP) is 4.97. The zero-order valence-electron chi connectivity index (χ0n) is 12.4. The summed E-state index contributed by atoms with van der Waals surface area (Å²) < 4.78 is 0. The minimum atomic E-state index is 0.619. The molecule has 1 aromatic rings. The van der Waals surface area contributed by atoms with Gasteiger partial charge >= 0.3 is 0 Å². The van der Waals surface area contributed by atoms with E-state index >= 15 is 0 Å². The molecular formula is C18H27N. The van der Waals surface area contributed by atoms with Crippen molar-refractivity contribution in [2.45, 2.75) is 58.3 Å². The smallest absolute Gasteiger partial charge is 0.0408 e. The van der Waals surface area contributed by atoms with Gasteiger partial charge in [0.15, 0.2) is 0 Å². The minimum Gasteiger partial charge on any atom is -0.384 e. The van der Waals surface area contributed by atoms with E-state index in [0.717, 1.165) is 11.8 Å². The van der Waals surface area contributed by atoms with Crippen LogP contribution in [0.25, 0.3) is 0 Å². The molecule has 0 spiro atoms. The summed E-state index contributed by atoms with van der Waals surface area (Å²) in [6.07, 6.45) is 8.61. The van der Waals surface area contributed by atoms with Crippen molar-refractivity contribution in [3.05, 3.63) is 29.3 Å². The van der Waals surface area contributed by atoms with Gasteiger partial charge in [0.25, 0.3) is 0 Å². The average Bonchev–Trinajstić information content (AvgIpc) is 2.47. The fourth-order valence-electron chi connectivity index (χ4n) is 4.01. The lowest BCUT2D eigenvalue weighted by molar-refractivity contribution is 0.252. The molecule has 0 saturated heterocycles. The molecule has 1 aliphatic carbocycles. The van der Waals surface area contributed by atoms with Crippen molar-refractivity contribution in [2.24, 2.45) is 11.8 Å². The molecule has 1 atom stereocenters. The number of anilines is 1. The number of hydrogen-bond acceptors (Lipinski definition) is 1. The second-order valence-corrected chi connectivity index (χ2v) is 6.78. The molecule has 2 aliphatic rings. The lowest BCUT2D eigenvalue weighted by atomic mass is 9.75. The molecule has 3 rings (SSSR count). The highest BCUT2D eigenvalue weighted by molar-refractivity contribution is 5.60. The molecule has 0 radical (unpaired) electrons. The fourth-order valence-corrected chi connectivity index (χ4v) is 4.01. The first-order chi connectivity index (χ1) is 9.25. The van der Waals surface area contributed by atoms with Gasteiger partial charge in [-0.1, -0.05) is 64.2 Å². The third-order valence-electron chi connectivity index (χ3n) is 5.14. The highest BCUT2D eigenvalue weighted by atomic mass is 14.9. The van der Waals surface area contributed by atoms with Crippen molar-refractivity contribution >= 4 is 5.69 Å². The van der Waals surface area contributed by atoms with E-state index in [0.29, 0.717) is 5.92 Å².